The highest BCUT2D eigenvalue weighted by Crippen LogP contribution is 2.17. The third kappa shape index (κ3) is 3.45. The smallest absolute Gasteiger partial charge is 0.246 e. The van der Waals surface area contributed by atoms with E-state index in [4.69, 9.17) is 0 Å². The lowest BCUT2D eigenvalue weighted by Gasteiger charge is -2.12. The Labute approximate surface area is 99.1 Å². The number of sulfonamides is 1. The molecule has 17 heavy (non-hydrogen) atoms. The summed E-state index contributed by atoms with van der Waals surface area (Å²) in [6, 6.07) is 2.78. The fourth-order valence-electron chi connectivity index (χ4n) is 1.15. The zero-order valence-electron chi connectivity index (χ0n) is 9.50. The fourth-order valence-corrected chi connectivity index (χ4v) is 2.41. The second-order valence-electron chi connectivity index (χ2n) is 3.59. The van der Waals surface area contributed by atoms with Crippen molar-refractivity contribution in [2.75, 3.05) is 13.6 Å². The van der Waals surface area contributed by atoms with E-state index in [0.29, 0.717) is 0 Å². The molecular weight excluding hydrogens is 250 g/mol. The van der Waals surface area contributed by atoms with Gasteiger partial charge in [0.1, 0.15) is 11.6 Å². The first-order chi connectivity index (χ1) is 7.88. The van der Waals surface area contributed by atoms with Crippen LogP contribution in [0.4, 0.5) is 8.78 Å². The molecule has 1 aromatic carbocycles. The summed E-state index contributed by atoms with van der Waals surface area (Å²) in [6.45, 7) is 1.78. The molecule has 0 aromatic heterocycles. The summed E-state index contributed by atoms with van der Waals surface area (Å²) in [7, 11) is -2.51. The van der Waals surface area contributed by atoms with E-state index in [1.54, 1.807) is 14.0 Å². The van der Waals surface area contributed by atoms with Gasteiger partial charge in [-0.3, -0.25) is 0 Å². The third-order valence-corrected chi connectivity index (χ3v) is 3.73. The van der Waals surface area contributed by atoms with Gasteiger partial charge >= 0.3 is 0 Å². The van der Waals surface area contributed by atoms with E-state index in [2.05, 4.69) is 10.0 Å². The Morgan fingerprint density at radius 1 is 1.29 bits per heavy atom. The molecule has 1 rings (SSSR count). The van der Waals surface area contributed by atoms with Crippen LogP contribution in [0.5, 0.6) is 0 Å². The minimum Gasteiger partial charge on any atom is -0.316 e. The molecule has 0 aliphatic heterocycles. The number of likely N-dealkylation sites (N-methyl/N-ethyl adjacent to an activating group) is 1. The van der Waals surface area contributed by atoms with Gasteiger partial charge in [-0.05, 0) is 26.1 Å². The average Bonchev–Trinajstić information content (AvgIpc) is 2.25. The summed E-state index contributed by atoms with van der Waals surface area (Å²) in [4.78, 5) is -0.941. The lowest BCUT2D eigenvalue weighted by molar-refractivity contribution is 0.508. The molecular formula is C10H14F2N2O2S. The van der Waals surface area contributed by atoms with Gasteiger partial charge in [0.05, 0.1) is 0 Å². The number of halogens is 2. The van der Waals surface area contributed by atoms with Crippen molar-refractivity contribution in [2.24, 2.45) is 0 Å². The van der Waals surface area contributed by atoms with Gasteiger partial charge in [0.25, 0.3) is 0 Å². The molecule has 0 saturated carbocycles. The van der Waals surface area contributed by atoms with Crippen LogP contribution in [0.1, 0.15) is 6.92 Å². The van der Waals surface area contributed by atoms with Crippen molar-refractivity contribution in [3.05, 3.63) is 29.8 Å². The Morgan fingerprint density at radius 3 is 2.29 bits per heavy atom. The van der Waals surface area contributed by atoms with Gasteiger partial charge < -0.3 is 5.32 Å². The van der Waals surface area contributed by atoms with Crippen molar-refractivity contribution in [1.82, 2.24) is 10.0 Å². The molecule has 1 aromatic rings. The Kier molecular flexibility index (Phi) is 4.55. The van der Waals surface area contributed by atoms with E-state index in [9.17, 15) is 17.2 Å². The van der Waals surface area contributed by atoms with Crippen LogP contribution in [0.2, 0.25) is 0 Å². The van der Waals surface area contributed by atoms with Crippen LogP contribution in [-0.2, 0) is 10.0 Å². The van der Waals surface area contributed by atoms with Crippen molar-refractivity contribution in [3.8, 4) is 0 Å². The van der Waals surface area contributed by atoms with Crippen LogP contribution in [0, 0.1) is 11.6 Å². The predicted octanol–water partition coefficient (Wildman–Crippen LogP) is 0.851. The molecule has 0 amide bonds. The molecule has 0 spiro atoms. The summed E-state index contributed by atoms with van der Waals surface area (Å²) in [5.74, 6) is -2.20. The molecule has 0 radical (unpaired) electrons. The number of benzene rings is 1. The number of hydrogen-bond acceptors (Lipinski definition) is 3. The third-order valence-electron chi connectivity index (χ3n) is 2.26. The van der Waals surface area contributed by atoms with E-state index in [1.165, 1.54) is 0 Å². The Hall–Kier alpha value is -1.05. The quantitative estimate of drug-likeness (QED) is 0.829. The Balaban J connectivity index is 2.98. The number of rotatable bonds is 5. The molecule has 4 nitrogen and oxygen atoms in total. The van der Waals surface area contributed by atoms with Crippen LogP contribution < -0.4 is 10.0 Å². The van der Waals surface area contributed by atoms with Gasteiger partial charge in [-0.25, -0.2) is 21.9 Å². The van der Waals surface area contributed by atoms with Crippen LogP contribution in [-0.4, -0.2) is 28.1 Å². The maximum atomic E-state index is 13.3. The first kappa shape index (κ1) is 14.0. The molecule has 1 atom stereocenters. The first-order valence-corrected chi connectivity index (χ1v) is 6.47. The van der Waals surface area contributed by atoms with E-state index >= 15 is 0 Å². The van der Waals surface area contributed by atoms with Gasteiger partial charge in [0.15, 0.2) is 4.90 Å². The fraction of sp³-hybridized carbons (Fsp3) is 0.400. The standard InChI is InChI=1S/C10H14F2N2O2S/c1-7(13-2)6-14-17(15,16)10-8(11)4-3-5-9(10)12/h3-5,7,13-14H,6H2,1-2H3. The van der Waals surface area contributed by atoms with E-state index in [1.807, 2.05) is 0 Å². The van der Waals surface area contributed by atoms with Crippen LogP contribution in [0.3, 0.4) is 0 Å². The topological polar surface area (TPSA) is 58.2 Å². The predicted molar refractivity (Wildman–Crippen MR) is 60.1 cm³/mol. The van der Waals surface area contributed by atoms with Crippen LogP contribution >= 0.6 is 0 Å². The summed E-state index contributed by atoms with van der Waals surface area (Å²) in [6.07, 6.45) is 0. The minimum absolute atomic E-state index is 0.0482. The summed E-state index contributed by atoms with van der Waals surface area (Å²) >= 11 is 0. The van der Waals surface area contributed by atoms with Crippen molar-refractivity contribution in [2.45, 2.75) is 17.9 Å². The average molecular weight is 264 g/mol. The summed E-state index contributed by atoms with van der Waals surface area (Å²) < 4.78 is 52.0. The van der Waals surface area contributed by atoms with Gasteiger partial charge in [-0.1, -0.05) is 6.07 Å². The van der Waals surface area contributed by atoms with Gasteiger partial charge in [-0.2, -0.15) is 0 Å². The normalized spacial score (nSPS) is 13.6. The SMILES string of the molecule is CNC(C)CNS(=O)(=O)c1c(F)cccc1F. The van der Waals surface area contributed by atoms with E-state index in [0.717, 1.165) is 18.2 Å². The zero-order valence-corrected chi connectivity index (χ0v) is 10.3. The monoisotopic (exact) mass is 264 g/mol. The summed E-state index contributed by atoms with van der Waals surface area (Å²) in [5, 5.41) is 2.80. The van der Waals surface area contributed by atoms with Crippen molar-refractivity contribution in [3.63, 3.8) is 0 Å². The highest BCUT2D eigenvalue weighted by atomic mass is 32.2. The largest absolute Gasteiger partial charge is 0.316 e. The second kappa shape index (κ2) is 5.52. The second-order valence-corrected chi connectivity index (χ2v) is 5.30. The van der Waals surface area contributed by atoms with Crippen molar-refractivity contribution >= 4 is 10.0 Å². The van der Waals surface area contributed by atoms with Crippen molar-refractivity contribution in [1.29, 1.82) is 0 Å². The summed E-state index contributed by atoms with van der Waals surface area (Å²) in [5.41, 5.74) is 0. The Bertz CT molecular complexity index is 471. The number of nitrogens with one attached hydrogen (secondary N) is 2. The molecule has 96 valence electrons. The Morgan fingerprint density at radius 2 is 1.82 bits per heavy atom. The van der Waals surface area contributed by atoms with Crippen molar-refractivity contribution < 1.29 is 17.2 Å². The first-order valence-electron chi connectivity index (χ1n) is 4.99. The maximum Gasteiger partial charge on any atom is 0.246 e. The van der Waals surface area contributed by atoms with E-state index in [-0.39, 0.29) is 12.6 Å². The number of hydrogen-bond donors (Lipinski definition) is 2. The van der Waals surface area contributed by atoms with Gasteiger partial charge in [-0.15, -0.1) is 0 Å². The maximum absolute atomic E-state index is 13.3. The molecule has 0 heterocycles. The molecule has 2 N–H and O–H groups in total. The molecule has 0 aliphatic carbocycles. The molecule has 0 aliphatic rings. The molecule has 7 heteroatoms. The van der Waals surface area contributed by atoms with Gasteiger partial charge in [0, 0.05) is 12.6 Å². The van der Waals surface area contributed by atoms with Crippen LogP contribution in [0.25, 0.3) is 0 Å². The molecule has 0 saturated heterocycles. The van der Waals surface area contributed by atoms with Gasteiger partial charge in [0.2, 0.25) is 10.0 Å². The van der Waals surface area contributed by atoms with Crippen LogP contribution in [0.15, 0.2) is 23.1 Å². The highest BCUT2D eigenvalue weighted by Gasteiger charge is 2.23. The lowest BCUT2D eigenvalue weighted by atomic mass is 10.3. The lowest BCUT2D eigenvalue weighted by Crippen LogP contribution is -2.37. The molecule has 1 unspecified atom stereocenters. The highest BCUT2D eigenvalue weighted by molar-refractivity contribution is 7.89. The van der Waals surface area contributed by atoms with E-state index < -0.39 is 26.6 Å². The molecule has 0 fully saturated rings. The zero-order chi connectivity index (χ0) is 13.1. The minimum atomic E-state index is -4.17. The molecule has 0 bridgehead atoms.